The van der Waals surface area contributed by atoms with E-state index in [0.717, 1.165) is 12.1 Å². The predicted octanol–water partition coefficient (Wildman–Crippen LogP) is 0.882. The van der Waals surface area contributed by atoms with Crippen molar-refractivity contribution < 1.29 is 9.90 Å². The molecular weight excluding hydrogens is 228 g/mol. The molecule has 0 aromatic heterocycles. The van der Waals surface area contributed by atoms with E-state index in [2.05, 4.69) is 0 Å². The predicted molar refractivity (Wildman–Crippen MR) is 70.1 cm³/mol. The highest BCUT2D eigenvalue weighted by molar-refractivity contribution is 5.84. The Morgan fingerprint density at radius 1 is 1.44 bits per heavy atom. The Labute approximate surface area is 108 Å². The van der Waals surface area contributed by atoms with E-state index >= 15 is 0 Å². The molecule has 1 saturated heterocycles. The third-order valence-electron chi connectivity index (χ3n) is 3.46. The van der Waals surface area contributed by atoms with Crippen molar-refractivity contribution in [2.75, 3.05) is 26.7 Å². The highest BCUT2D eigenvalue weighted by Gasteiger charge is 2.35. The monoisotopic (exact) mass is 248 g/mol. The maximum atomic E-state index is 12.4. The van der Waals surface area contributed by atoms with E-state index in [9.17, 15) is 9.90 Å². The van der Waals surface area contributed by atoms with Gasteiger partial charge in [0.2, 0.25) is 5.91 Å². The third-order valence-corrected chi connectivity index (χ3v) is 3.46. The van der Waals surface area contributed by atoms with Crippen LogP contribution in [0.4, 0.5) is 0 Å². The van der Waals surface area contributed by atoms with E-state index in [-0.39, 0.29) is 18.1 Å². The minimum atomic E-state index is -0.350. The minimum absolute atomic E-state index is 0.0795. The van der Waals surface area contributed by atoms with Gasteiger partial charge in [-0.25, -0.2) is 0 Å². The first-order chi connectivity index (χ1) is 8.63. The number of amides is 1. The summed E-state index contributed by atoms with van der Waals surface area (Å²) in [5.74, 6) is 0.0795. The van der Waals surface area contributed by atoms with Gasteiger partial charge in [-0.1, -0.05) is 37.3 Å². The van der Waals surface area contributed by atoms with E-state index in [0.29, 0.717) is 13.1 Å². The normalized spacial score (nSPS) is 17.7. The molecule has 1 aromatic rings. The number of hydrogen-bond acceptors (Lipinski definition) is 3. The molecule has 0 aliphatic carbocycles. The average molecular weight is 248 g/mol. The lowest BCUT2D eigenvalue weighted by Gasteiger charge is -2.40. The minimum Gasteiger partial charge on any atom is -0.389 e. The molecule has 1 aliphatic rings. The summed E-state index contributed by atoms with van der Waals surface area (Å²) >= 11 is 0. The molecule has 1 aliphatic heterocycles. The Kier molecular flexibility index (Phi) is 3.99. The van der Waals surface area contributed by atoms with Crippen LogP contribution in [0.2, 0.25) is 0 Å². The van der Waals surface area contributed by atoms with Crippen LogP contribution in [0.15, 0.2) is 30.3 Å². The summed E-state index contributed by atoms with van der Waals surface area (Å²) in [7, 11) is 1.95. The number of rotatable bonds is 4. The van der Waals surface area contributed by atoms with Crippen LogP contribution in [0.1, 0.15) is 18.5 Å². The molecule has 0 saturated carbocycles. The van der Waals surface area contributed by atoms with Crippen molar-refractivity contribution in [1.82, 2.24) is 9.80 Å². The van der Waals surface area contributed by atoms with Gasteiger partial charge in [0.05, 0.1) is 6.10 Å². The number of carbonyl (C=O) groups excluding carboxylic acids is 1. The summed E-state index contributed by atoms with van der Waals surface area (Å²) in [4.78, 5) is 16.2. The lowest BCUT2D eigenvalue weighted by Crippen LogP contribution is -2.56. The first-order valence-corrected chi connectivity index (χ1v) is 6.35. The van der Waals surface area contributed by atoms with Gasteiger partial charge in [0, 0.05) is 13.1 Å². The van der Waals surface area contributed by atoms with Gasteiger partial charge in [0.25, 0.3) is 0 Å². The van der Waals surface area contributed by atoms with Gasteiger partial charge >= 0.3 is 0 Å². The molecule has 1 fully saturated rings. The number of carbonyl (C=O) groups is 1. The maximum Gasteiger partial charge on any atom is 0.244 e. The molecule has 1 aromatic carbocycles. The number of hydrogen-bond donors (Lipinski definition) is 1. The molecule has 1 unspecified atom stereocenters. The van der Waals surface area contributed by atoms with Gasteiger partial charge in [-0.15, -0.1) is 0 Å². The van der Waals surface area contributed by atoms with Crippen LogP contribution >= 0.6 is 0 Å². The van der Waals surface area contributed by atoms with Crippen molar-refractivity contribution in [2.45, 2.75) is 19.1 Å². The van der Waals surface area contributed by atoms with Crippen LogP contribution in [0, 0.1) is 0 Å². The summed E-state index contributed by atoms with van der Waals surface area (Å²) in [5.41, 5.74) is 1.01. The first kappa shape index (κ1) is 13.1. The molecule has 4 nitrogen and oxygen atoms in total. The summed E-state index contributed by atoms with van der Waals surface area (Å²) in [6, 6.07) is 9.55. The molecule has 1 heterocycles. The van der Waals surface area contributed by atoms with Gasteiger partial charge in [-0.3, -0.25) is 9.69 Å². The van der Waals surface area contributed by atoms with Gasteiger partial charge in [-0.2, -0.15) is 0 Å². The molecule has 1 atom stereocenters. The number of nitrogens with zero attached hydrogens (tertiary/aromatic N) is 2. The van der Waals surface area contributed by atoms with Crippen LogP contribution < -0.4 is 0 Å². The number of aliphatic hydroxyl groups is 1. The van der Waals surface area contributed by atoms with Crippen LogP contribution in [0.25, 0.3) is 0 Å². The maximum absolute atomic E-state index is 12.4. The molecule has 0 spiro atoms. The second-order valence-electron chi connectivity index (χ2n) is 4.78. The largest absolute Gasteiger partial charge is 0.389 e. The van der Waals surface area contributed by atoms with Gasteiger partial charge in [-0.05, 0) is 19.2 Å². The topological polar surface area (TPSA) is 43.8 Å². The molecule has 1 N–H and O–H groups in total. The van der Waals surface area contributed by atoms with Gasteiger partial charge in [0.15, 0.2) is 0 Å². The molecule has 2 rings (SSSR count). The Bertz CT molecular complexity index is 402. The number of β-amino-alcohol motifs (C(OH)–C–C–N with tert-alkyl or cyclic N) is 1. The second kappa shape index (κ2) is 5.50. The lowest BCUT2D eigenvalue weighted by atomic mass is 10.0. The second-order valence-corrected chi connectivity index (χ2v) is 4.78. The van der Waals surface area contributed by atoms with E-state index in [1.54, 1.807) is 4.90 Å². The van der Waals surface area contributed by atoms with Crippen LogP contribution in [0.3, 0.4) is 0 Å². The fraction of sp³-hybridized carbons (Fsp3) is 0.500. The average Bonchev–Trinajstić information content (AvgIpc) is 2.36. The van der Waals surface area contributed by atoms with Crippen LogP contribution in [-0.2, 0) is 4.79 Å². The van der Waals surface area contributed by atoms with Crippen molar-refractivity contribution in [2.24, 2.45) is 0 Å². The van der Waals surface area contributed by atoms with Crippen molar-refractivity contribution in [3.63, 3.8) is 0 Å². The van der Waals surface area contributed by atoms with Crippen molar-refractivity contribution in [3.8, 4) is 0 Å². The highest BCUT2D eigenvalue weighted by atomic mass is 16.3. The Balaban J connectivity index is 2.18. The van der Waals surface area contributed by atoms with Crippen molar-refractivity contribution in [3.05, 3.63) is 35.9 Å². The summed E-state index contributed by atoms with van der Waals surface area (Å²) in [6.45, 7) is 3.76. The Hall–Kier alpha value is -1.39. The molecule has 4 heteroatoms. The van der Waals surface area contributed by atoms with E-state index in [1.165, 1.54) is 0 Å². The van der Waals surface area contributed by atoms with Crippen LogP contribution in [-0.4, -0.2) is 53.6 Å². The number of benzene rings is 1. The SMILES string of the molecule is CCN(C)C(C(=O)N1CC(O)C1)c1ccccc1. The molecule has 18 heavy (non-hydrogen) atoms. The molecule has 0 radical (unpaired) electrons. The fourth-order valence-electron chi connectivity index (χ4n) is 2.21. The zero-order valence-electron chi connectivity index (χ0n) is 10.9. The summed E-state index contributed by atoms with van der Waals surface area (Å²) < 4.78 is 0. The van der Waals surface area contributed by atoms with E-state index in [4.69, 9.17) is 0 Å². The van der Waals surface area contributed by atoms with Crippen LogP contribution in [0.5, 0.6) is 0 Å². The Morgan fingerprint density at radius 3 is 2.56 bits per heavy atom. The Morgan fingerprint density at radius 2 is 2.06 bits per heavy atom. The molecule has 1 amide bonds. The molecule has 98 valence electrons. The van der Waals surface area contributed by atoms with E-state index < -0.39 is 0 Å². The smallest absolute Gasteiger partial charge is 0.244 e. The van der Waals surface area contributed by atoms with Crippen molar-refractivity contribution in [1.29, 1.82) is 0 Å². The summed E-state index contributed by atoms with van der Waals surface area (Å²) in [6.07, 6.45) is -0.350. The lowest BCUT2D eigenvalue weighted by molar-refractivity contribution is -0.147. The van der Waals surface area contributed by atoms with Gasteiger partial charge in [0.1, 0.15) is 6.04 Å². The first-order valence-electron chi connectivity index (χ1n) is 6.35. The fourth-order valence-corrected chi connectivity index (χ4v) is 2.21. The number of aliphatic hydroxyl groups excluding tert-OH is 1. The number of likely N-dealkylation sites (tertiary alicyclic amines) is 1. The van der Waals surface area contributed by atoms with E-state index in [1.807, 2.05) is 49.2 Å². The standard InChI is InChI=1S/C14H20N2O2/c1-3-15(2)13(11-7-5-4-6-8-11)14(18)16-9-12(17)10-16/h4-8,12-13,17H,3,9-10H2,1-2H3. The quantitative estimate of drug-likeness (QED) is 0.860. The highest BCUT2D eigenvalue weighted by Crippen LogP contribution is 2.24. The molecular formula is C14H20N2O2. The summed E-state index contributed by atoms with van der Waals surface area (Å²) in [5, 5.41) is 9.31. The number of likely N-dealkylation sites (N-methyl/N-ethyl adjacent to an activating group) is 1. The zero-order valence-corrected chi connectivity index (χ0v) is 10.9. The van der Waals surface area contributed by atoms with Crippen molar-refractivity contribution >= 4 is 5.91 Å². The van der Waals surface area contributed by atoms with Gasteiger partial charge < -0.3 is 10.0 Å². The third kappa shape index (κ3) is 2.54. The zero-order chi connectivity index (χ0) is 13.1. The molecule has 0 bridgehead atoms.